The van der Waals surface area contributed by atoms with E-state index >= 15 is 0 Å². The van der Waals surface area contributed by atoms with Gasteiger partial charge in [-0.3, -0.25) is 0 Å². The third kappa shape index (κ3) is 4.05. The fourth-order valence-electron chi connectivity index (χ4n) is 1.06. The van der Waals surface area contributed by atoms with Crippen LogP contribution in [0.4, 0.5) is 0 Å². The van der Waals surface area contributed by atoms with Crippen molar-refractivity contribution < 1.29 is 4.74 Å². The first-order valence-electron chi connectivity index (χ1n) is 5.05. The molecule has 0 bridgehead atoms. The third-order valence-corrected chi connectivity index (χ3v) is 2.57. The van der Waals surface area contributed by atoms with Crippen molar-refractivity contribution in [3.05, 3.63) is 23.8 Å². The van der Waals surface area contributed by atoms with Gasteiger partial charge in [0, 0.05) is 4.90 Å². The van der Waals surface area contributed by atoms with Crippen LogP contribution in [0.15, 0.2) is 23.1 Å². The van der Waals surface area contributed by atoms with Crippen LogP contribution in [0.2, 0.25) is 0 Å². The summed E-state index contributed by atoms with van der Waals surface area (Å²) in [5, 5.41) is 0. The van der Waals surface area contributed by atoms with Gasteiger partial charge in [0.1, 0.15) is 5.75 Å². The van der Waals surface area contributed by atoms with Crippen LogP contribution in [-0.4, -0.2) is 12.9 Å². The topological polar surface area (TPSA) is 9.23 Å². The van der Waals surface area contributed by atoms with Crippen LogP contribution in [0, 0.1) is 6.92 Å². The summed E-state index contributed by atoms with van der Waals surface area (Å²) in [5.41, 5.74) is 1.19. The van der Waals surface area contributed by atoms with E-state index in [-0.39, 0.29) is 0 Å². The maximum Gasteiger partial charge on any atom is 0.122 e. The molecule has 0 aliphatic rings. The lowest BCUT2D eigenvalue weighted by atomic mass is 10.2. The highest BCUT2D eigenvalue weighted by Gasteiger charge is 1.98. The first kappa shape index (κ1) is 13.4. The second-order valence-electron chi connectivity index (χ2n) is 2.56. The van der Waals surface area contributed by atoms with Crippen molar-refractivity contribution in [1.82, 2.24) is 0 Å². The Labute approximate surface area is 91.9 Å². The summed E-state index contributed by atoms with van der Waals surface area (Å²) in [4.78, 5) is 1.28. The zero-order chi connectivity index (χ0) is 11.0. The van der Waals surface area contributed by atoms with Crippen LogP contribution >= 0.6 is 11.8 Å². The molecule has 2 heteroatoms. The van der Waals surface area contributed by atoms with Crippen LogP contribution < -0.4 is 4.74 Å². The molecule has 0 atom stereocenters. The van der Waals surface area contributed by atoms with Crippen LogP contribution in [-0.2, 0) is 0 Å². The molecule has 0 saturated carbocycles. The first-order valence-corrected chi connectivity index (χ1v) is 6.04. The minimum absolute atomic E-state index is 0.980. The zero-order valence-electron chi connectivity index (χ0n) is 9.76. The summed E-state index contributed by atoms with van der Waals surface area (Å²) < 4.78 is 5.22. The van der Waals surface area contributed by atoms with Gasteiger partial charge in [-0.2, -0.15) is 0 Å². The molecule has 0 aliphatic carbocycles. The monoisotopic (exact) mass is 212 g/mol. The van der Waals surface area contributed by atoms with Crippen molar-refractivity contribution >= 4 is 11.8 Å². The number of hydrogen-bond acceptors (Lipinski definition) is 2. The van der Waals surface area contributed by atoms with E-state index in [1.807, 2.05) is 25.6 Å². The van der Waals surface area contributed by atoms with Crippen LogP contribution in [0.3, 0.4) is 0 Å². The molecule has 0 saturated heterocycles. The van der Waals surface area contributed by atoms with Crippen LogP contribution in [0.1, 0.15) is 26.3 Å². The SMILES string of the molecule is CC.CCSc1ccc(C)c(OC)c1. The van der Waals surface area contributed by atoms with Gasteiger partial charge in [-0.25, -0.2) is 0 Å². The van der Waals surface area contributed by atoms with Crippen molar-refractivity contribution in [1.29, 1.82) is 0 Å². The summed E-state index contributed by atoms with van der Waals surface area (Å²) in [6, 6.07) is 6.31. The predicted molar refractivity (Wildman–Crippen MR) is 65.5 cm³/mol. The molecule has 0 N–H and O–H groups in total. The number of hydrogen-bond donors (Lipinski definition) is 0. The fourth-order valence-corrected chi connectivity index (χ4v) is 1.74. The van der Waals surface area contributed by atoms with E-state index in [1.54, 1.807) is 7.11 Å². The number of benzene rings is 1. The Morgan fingerprint density at radius 1 is 1.29 bits per heavy atom. The normalized spacial score (nSPS) is 8.93. The first-order chi connectivity index (χ1) is 6.77. The minimum atomic E-state index is 0.980. The number of thioether (sulfide) groups is 1. The second kappa shape index (κ2) is 7.74. The Hall–Kier alpha value is -0.630. The molecule has 80 valence electrons. The Balaban J connectivity index is 0.000000791. The third-order valence-electron chi connectivity index (χ3n) is 1.69. The van der Waals surface area contributed by atoms with E-state index in [0.717, 1.165) is 11.5 Å². The van der Waals surface area contributed by atoms with Gasteiger partial charge < -0.3 is 4.74 Å². The molecule has 14 heavy (non-hydrogen) atoms. The fraction of sp³-hybridized carbons (Fsp3) is 0.500. The standard InChI is InChI=1S/C10H14OS.C2H6/c1-4-12-9-6-5-8(2)10(7-9)11-3;1-2/h5-7H,4H2,1-3H3;1-2H3. The molecule has 0 amide bonds. The number of rotatable bonds is 3. The summed E-state index contributed by atoms with van der Waals surface area (Å²) >= 11 is 1.83. The lowest BCUT2D eigenvalue weighted by Crippen LogP contribution is -1.86. The number of methoxy groups -OCH3 is 1. The summed E-state index contributed by atoms with van der Waals surface area (Å²) in [5.74, 6) is 2.08. The highest BCUT2D eigenvalue weighted by Crippen LogP contribution is 2.25. The van der Waals surface area contributed by atoms with Gasteiger partial charge in [0.25, 0.3) is 0 Å². The molecular weight excluding hydrogens is 192 g/mol. The molecule has 0 aliphatic heterocycles. The average molecular weight is 212 g/mol. The second-order valence-corrected chi connectivity index (χ2v) is 3.90. The van der Waals surface area contributed by atoms with Crippen molar-refractivity contribution in [2.45, 2.75) is 32.6 Å². The lowest BCUT2D eigenvalue weighted by molar-refractivity contribution is 0.410. The molecule has 0 unspecified atom stereocenters. The van der Waals surface area contributed by atoms with Crippen molar-refractivity contribution in [3.8, 4) is 5.75 Å². The zero-order valence-corrected chi connectivity index (χ0v) is 10.6. The van der Waals surface area contributed by atoms with Gasteiger partial charge >= 0.3 is 0 Å². The van der Waals surface area contributed by atoms with Gasteiger partial charge in [0.15, 0.2) is 0 Å². The Morgan fingerprint density at radius 2 is 1.93 bits per heavy atom. The Kier molecular flexibility index (Phi) is 7.40. The van der Waals surface area contributed by atoms with Gasteiger partial charge in [0.2, 0.25) is 0 Å². The van der Waals surface area contributed by atoms with Crippen LogP contribution in [0.25, 0.3) is 0 Å². The van der Waals surface area contributed by atoms with E-state index in [0.29, 0.717) is 0 Å². The molecule has 0 heterocycles. The maximum absolute atomic E-state index is 5.22. The summed E-state index contributed by atoms with van der Waals surface area (Å²) in [7, 11) is 1.71. The van der Waals surface area contributed by atoms with Crippen LogP contribution in [0.5, 0.6) is 5.75 Å². The quantitative estimate of drug-likeness (QED) is 0.696. The molecule has 0 radical (unpaired) electrons. The van der Waals surface area contributed by atoms with Gasteiger partial charge in [-0.15, -0.1) is 11.8 Å². The summed E-state index contributed by atoms with van der Waals surface area (Å²) in [6.07, 6.45) is 0. The van der Waals surface area contributed by atoms with Crippen molar-refractivity contribution in [2.75, 3.05) is 12.9 Å². The van der Waals surface area contributed by atoms with Gasteiger partial charge in [-0.05, 0) is 30.4 Å². The van der Waals surface area contributed by atoms with Gasteiger partial charge in [-0.1, -0.05) is 26.8 Å². The molecule has 1 rings (SSSR count). The van der Waals surface area contributed by atoms with E-state index in [9.17, 15) is 0 Å². The molecular formula is C12H20OS. The van der Waals surface area contributed by atoms with E-state index in [1.165, 1.54) is 10.5 Å². The molecule has 1 aromatic carbocycles. The largest absolute Gasteiger partial charge is 0.496 e. The highest BCUT2D eigenvalue weighted by molar-refractivity contribution is 7.99. The molecule has 0 aromatic heterocycles. The number of ether oxygens (including phenoxy) is 1. The smallest absolute Gasteiger partial charge is 0.122 e. The Morgan fingerprint density at radius 3 is 2.43 bits per heavy atom. The lowest BCUT2D eigenvalue weighted by Gasteiger charge is -2.05. The average Bonchev–Trinajstić information content (AvgIpc) is 2.24. The van der Waals surface area contributed by atoms with Crippen molar-refractivity contribution in [2.24, 2.45) is 0 Å². The maximum atomic E-state index is 5.22. The molecule has 0 fully saturated rings. The minimum Gasteiger partial charge on any atom is -0.496 e. The highest BCUT2D eigenvalue weighted by atomic mass is 32.2. The molecule has 1 nitrogen and oxygen atoms in total. The van der Waals surface area contributed by atoms with E-state index in [2.05, 4.69) is 32.0 Å². The van der Waals surface area contributed by atoms with Crippen molar-refractivity contribution in [3.63, 3.8) is 0 Å². The molecule has 1 aromatic rings. The van der Waals surface area contributed by atoms with Gasteiger partial charge in [0.05, 0.1) is 7.11 Å². The predicted octanol–water partition coefficient (Wildman–Crippen LogP) is 4.14. The Bertz CT molecular complexity index is 258. The van der Waals surface area contributed by atoms with E-state index < -0.39 is 0 Å². The van der Waals surface area contributed by atoms with E-state index in [4.69, 9.17) is 4.74 Å². The number of aryl methyl sites for hydroxylation is 1. The summed E-state index contributed by atoms with van der Waals surface area (Å²) in [6.45, 7) is 8.20. The molecule has 0 spiro atoms.